The van der Waals surface area contributed by atoms with Gasteiger partial charge in [0.05, 0.1) is 17.5 Å². The van der Waals surface area contributed by atoms with Crippen molar-refractivity contribution in [1.29, 1.82) is 0 Å². The molecule has 0 atom stereocenters. The summed E-state index contributed by atoms with van der Waals surface area (Å²) in [5.41, 5.74) is 7.03. The summed E-state index contributed by atoms with van der Waals surface area (Å²) >= 11 is 0. The lowest BCUT2D eigenvalue weighted by Gasteiger charge is -2.32. The molecular weight excluding hydrogens is 420 g/mol. The van der Waals surface area contributed by atoms with E-state index in [-0.39, 0.29) is 5.91 Å². The highest BCUT2D eigenvalue weighted by Crippen LogP contribution is 2.28. The molecule has 0 radical (unpaired) electrons. The Morgan fingerprint density at radius 2 is 1.71 bits per heavy atom. The molecule has 2 aromatic carbocycles. The summed E-state index contributed by atoms with van der Waals surface area (Å²) in [7, 11) is 0. The maximum absolute atomic E-state index is 13.4. The van der Waals surface area contributed by atoms with Gasteiger partial charge in [0.1, 0.15) is 0 Å². The van der Waals surface area contributed by atoms with Crippen molar-refractivity contribution in [2.45, 2.75) is 46.0 Å². The average molecular weight is 453 g/mol. The largest absolute Gasteiger partial charge is 0.339 e. The number of fused-ring (bicyclic) bond motifs is 1. The topological polar surface area (TPSA) is 50.5 Å². The van der Waals surface area contributed by atoms with Gasteiger partial charge in [-0.1, -0.05) is 68.4 Å². The van der Waals surface area contributed by atoms with Gasteiger partial charge in [-0.15, -0.1) is 0 Å². The van der Waals surface area contributed by atoms with Gasteiger partial charge in [-0.2, -0.15) is 5.10 Å². The first kappa shape index (κ1) is 22.3. The van der Waals surface area contributed by atoms with Crippen LogP contribution in [0.15, 0.2) is 67.0 Å². The van der Waals surface area contributed by atoms with E-state index in [0.29, 0.717) is 17.4 Å². The first-order chi connectivity index (χ1) is 16.5. The third-order valence-electron chi connectivity index (χ3n) is 7.15. The predicted octanol–water partition coefficient (Wildman–Crippen LogP) is 5.92. The third-order valence-corrected chi connectivity index (χ3v) is 7.15. The maximum atomic E-state index is 13.4. The second-order valence-corrected chi connectivity index (χ2v) is 9.75. The SMILES string of the molecule is Cc1c(C(=O)N2CCC(Cc3ccccc3)CC2)cnc2c(-c3ccc(C(C)C)cc3)cnn12. The molecule has 5 rings (SSSR count). The zero-order chi connectivity index (χ0) is 23.7. The molecule has 0 aliphatic carbocycles. The van der Waals surface area contributed by atoms with Crippen LogP contribution < -0.4 is 0 Å². The predicted molar refractivity (Wildman–Crippen MR) is 136 cm³/mol. The van der Waals surface area contributed by atoms with Crippen LogP contribution in [0, 0.1) is 12.8 Å². The normalized spacial score (nSPS) is 14.8. The van der Waals surface area contributed by atoms with Gasteiger partial charge >= 0.3 is 0 Å². The van der Waals surface area contributed by atoms with Crippen molar-refractivity contribution in [1.82, 2.24) is 19.5 Å². The highest BCUT2D eigenvalue weighted by atomic mass is 16.2. The number of likely N-dealkylation sites (tertiary alicyclic amines) is 1. The molecule has 2 aromatic heterocycles. The van der Waals surface area contributed by atoms with E-state index < -0.39 is 0 Å². The third kappa shape index (κ3) is 4.35. The number of amides is 1. The summed E-state index contributed by atoms with van der Waals surface area (Å²) in [6.45, 7) is 7.93. The Hall–Kier alpha value is -3.47. The molecular formula is C29H32N4O. The van der Waals surface area contributed by atoms with Crippen molar-refractivity contribution < 1.29 is 4.79 Å². The molecule has 1 fully saturated rings. The molecule has 0 N–H and O–H groups in total. The van der Waals surface area contributed by atoms with Gasteiger partial charge in [0, 0.05) is 24.8 Å². The highest BCUT2D eigenvalue weighted by Gasteiger charge is 2.26. The van der Waals surface area contributed by atoms with E-state index >= 15 is 0 Å². The van der Waals surface area contributed by atoms with Crippen LogP contribution in [0.25, 0.3) is 16.8 Å². The lowest BCUT2D eigenvalue weighted by atomic mass is 9.90. The summed E-state index contributed by atoms with van der Waals surface area (Å²) in [4.78, 5) is 20.0. The lowest BCUT2D eigenvalue weighted by Crippen LogP contribution is -2.39. The molecule has 174 valence electrons. The minimum absolute atomic E-state index is 0.0587. The van der Waals surface area contributed by atoms with Gasteiger partial charge in [-0.05, 0) is 54.7 Å². The second kappa shape index (κ2) is 9.41. The fourth-order valence-electron chi connectivity index (χ4n) is 4.96. The highest BCUT2D eigenvalue weighted by molar-refractivity contribution is 5.95. The Labute approximate surface area is 201 Å². The molecule has 4 aromatic rings. The van der Waals surface area contributed by atoms with Crippen LogP contribution in [-0.2, 0) is 6.42 Å². The van der Waals surface area contributed by atoms with Crippen LogP contribution in [0.4, 0.5) is 0 Å². The first-order valence-electron chi connectivity index (χ1n) is 12.3. The molecule has 0 bridgehead atoms. The van der Waals surface area contributed by atoms with Gasteiger partial charge in [-0.3, -0.25) is 4.79 Å². The molecule has 34 heavy (non-hydrogen) atoms. The molecule has 1 amide bonds. The standard InChI is InChI=1S/C29H32N4O/c1-20(2)24-9-11-25(12-10-24)27-19-31-33-21(3)26(18-30-28(27)33)29(34)32-15-13-23(14-16-32)17-22-7-5-4-6-8-22/h4-12,18-20,23H,13-17H2,1-3H3. The Balaban J connectivity index is 1.31. The first-order valence-corrected chi connectivity index (χ1v) is 12.3. The Kier molecular flexibility index (Phi) is 6.18. The quantitative estimate of drug-likeness (QED) is 0.377. The Morgan fingerprint density at radius 1 is 1.00 bits per heavy atom. The number of aryl methyl sites for hydroxylation is 1. The van der Waals surface area contributed by atoms with Crippen molar-refractivity contribution in [2.24, 2.45) is 5.92 Å². The number of rotatable bonds is 5. The Morgan fingerprint density at radius 3 is 2.38 bits per heavy atom. The van der Waals surface area contributed by atoms with Gasteiger partial charge in [-0.25, -0.2) is 9.50 Å². The van der Waals surface area contributed by atoms with Crippen LogP contribution in [-0.4, -0.2) is 38.5 Å². The van der Waals surface area contributed by atoms with Gasteiger partial charge in [0.15, 0.2) is 5.65 Å². The molecule has 1 aliphatic rings. The van der Waals surface area contributed by atoms with E-state index in [1.807, 2.05) is 18.0 Å². The number of carbonyl (C=O) groups is 1. The number of hydrogen-bond donors (Lipinski definition) is 0. The van der Waals surface area contributed by atoms with Crippen molar-refractivity contribution in [2.75, 3.05) is 13.1 Å². The van der Waals surface area contributed by atoms with Crippen LogP contribution in [0.5, 0.6) is 0 Å². The van der Waals surface area contributed by atoms with Gasteiger partial charge in [0.2, 0.25) is 0 Å². The maximum Gasteiger partial charge on any atom is 0.257 e. The van der Waals surface area contributed by atoms with E-state index in [1.54, 1.807) is 10.7 Å². The number of piperidine rings is 1. The average Bonchev–Trinajstić information content (AvgIpc) is 3.30. The lowest BCUT2D eigenvalue weighted by molar-refractivity contribution is 0.0688. The molecule has 0 saturated carbocycles. The molecule has 0 spiro atoms. The summed E-state index contributed by atoms with van der Waals surface area (Å²) in [5, 5.41) is 4.58. The number of aromatic nitrogens is 3. The van der Waals surface area contributed by atoms with Crippen LogP contribution in [0.1, 0.15) is 59.8 Å². The van der Waals surface area contributed by atoms with Crippen molar-refractivity contribution >= 4 is 11.6 Å². The van der Waals surface area contributed by atoms with Crippen LogP contribution in [0.3, 0.4) is 0 Å². The number of nitrogens with zero attached hydrogens (tertiary/aromatic N) is 4. The van der Waals surface area contributed by atoms with Gasteiger partial charge < -0.3 is 4.90 Å². The summed E-state index contributed by atoms with van der Waals surface area (Å²) in [6, 6.07) is 19.2. The van der Waals surface area contributed by atoms with Crippen molar-refractivity contribution in [3.05, 3.63) is 89.4 Å². The monoisotopic (exact) mass is 452 g/mol. The molecule has 0 unspecified atom stereocenters. The summed E-state index contributed by atoms with van der Waals surface area (Å²) in [5.74, 6) is 1.18. The van der Waals surface area contributed by atoms with E-state index in [0.717, 1.165) is 54.8 Å². The van der Waals surface area contributed by atoms with Gasteiger partial charge in [0.25, 0.3) is 5.91 Å². The zero-order valence-corrected chi connectivity index (χ0v) is 20.2. The minimum Gasteiger partial charge on any atom is -0.339 e. The second-order valence-electron chi connectivity index (χ2n) is 9.75. The van der Waals surface area contributed by atoms with Crippen molar-refractivity contribution in [3.8, 4) is 11.1 Å². The number of carbonyl (C=O) groups excluding carboxylic acids is 1. The molecule has 5 heteroatoms. The van der Waals surface area contributed by atoms with Crippen LogP contribution in [0.2, 0.25) is 0 Å². The van der Waals surface area contributed by atoms with E-state index in [2.05, 4.69) is 78.5 Å². The van der Waals surface area contributed by atoms with Crippen LogP contribution >= 0.6 is 0 Å². The van der Waals surface area contributed by atoms with E-state index in [9.17, 15) is 4.79 Å². The number of hydrogen-bond acceptors (Lipinski definition) is 3. The number of benzene rings is 2. The van der Waals surface area contributed by atoms with Crippen molar-refractivity contribution in [3.63, 3.8) is 0 Å². The van der Waals surface area contributed by atoms with E-state index in [4.69, 9.17) is 0 Å². The molecule has 1 aliphatic heterocycles. The smallest absolute Gasteiger partial charge is 0.257 e. The fraction of sp³-hybridized carbons (Fsp3) is 0.345. The fourth-order valence-corrected chi connectivity index (χ4v) is 4.96. The van der Waals surface area contributed by atoms with E-state index in [1.165, 1.54) is 11.1 Å². The molecule has 3 heterocycles. The summed E-state index contributed by atoms with van der Waals surface area (Å²) < 4.78 is 1.81. The zero-order valence-electron chi connectivity index (χ0n) is 20.2. The minimum atomic E-state index is 0.0587. The molecule has 5 nitrogen and oxygen atoms in total. The molecule has 1 saturated heterocycles. The summed E-state index contributed by atoms with van der Waals surface area (Å²) in [6.07, 6.45) is 6.74. The Bertz CT molecular complexity index is 1280.